The normalized spacial score (nSPS) is 13.8. The summed E-state index contributed by atoms with van der Waals surface area (Å²) >= 11 is 5.71. The third-order valence-electron chi connectivity index (χ3n) is 2.89. The van der Waals surface area contributed by atoms with Gasteiger partial charge in [0.05, 0.1) is 17.8 Å². The van der Waals surface area contributed by atoms with Crippen molar-refractivity contribution >= 4 is 29.2 Å². The number of carbonyl (C=O) groups excluding carboxylic acids is 1. The summed E-state index contributed by atoms with van der Waals surface area (Å²) in [5.74, 6) is -2.72. The molecule has 2 N–H and O–H groups in total. The van der Waals surface area contributed by atoms with Crippen molar-refractivity contribution in [2.75, 3.05) is 5.32 Å². The van der Waals surface area contributed by atoms with E-state index in [-0.39, 0.29) is 5.91 Å². The lowest BCUT2D eigenvalue weighted by Gasteiger charge is -2.16. The summed E-state index contributed by atoms with van der Waals surface area (Å²) in [5.41, 5.74) is 1.31. The minimum atomic E-state index is -0.997. The van der Waals surface area contributed by atoms with Crippen LogP contribution >= 0.6 is 11.6 Å². The van der Waals surface area contributed by atoms with Crippen molar-refractivity contribution < 1.29 is 14.7 Å². The molecule has 0 aliphatic rings. The highest BCUT2D eigenvalue weighted by atomic mass is 35.5. The third kappa shape index (κ3) is 3.43. The maximum atomic E-state index is 11.9. The van der Waals surface area contributed by atoms with Crippen molar-refractivity contribution in [2.45, 2.75) is 20.8 Å². The third-order valence-corrected chi connectivity index (χ3v) is 3.10. The maximum absolute atomic E-state index is 11.9. The van der Waals surface area contributed by atoms with Gasteiger partial charge in [-0.1, -0.05) is 25.4 Å². The summed E-state index contributed by atoms with van der Waals surface area (Å²) in [5, 5.41) is 11.8. The highest BCUT2D eigenvalue weighted by Crippen LogP contribution is 2.19. The molecule has 0 aliphatic heterocycles. The average molecular weight is 271 g/mol. The first-order valence-electron chi connectivity index (χ1n) is 5.48. The van der Waals surface area contributed by atoms with E-state index in [1.807, 2.05) is 0 Å². The first kappa shape index (κ1) is 14.4. The molecule has 1 aromatic rings. The molecule has 5 nitrogen and oxygen atoms in total. The summed E-state index contributed by atoms with van der Waals surface area (Å²) in [6.07, 6.45) is 1.45. The van der Waals surface area contributed by atoms with Gasteiger partial charge in [0.2, 0.25) is 5.91 Å². The van der Waals surface area contributed by atoms with Crippen LogP contribution in [0.3, 0.4) is 0 Å². The van der Waals surface area contributed by atoms with Crippen LogP contribution < -0.4 is 5.32 Å². The number of anilines is 1. The van der Waals surface area contributed by atoms with E-state index in [0.29, 0.717) is 10.8 Å². The standard InChI is InChI=1S/C12H15ClN2O3/c1-6-4-10(13)14-5-9(6)15-11(16)7(2)8(3)12(17)18/h4-5,7-8H,1-3H3,(H,15,16)(H,17,18). The predicted molar refractivity (Wildman–Crippen MR) is 68.6 cm³/mol. The van der Waals surface area contributed by atoms with Gasteiger partial charge >= 0.3 is 5.97 Å². The molecule has 1 amide bonds. The Morgan fingerprint density at radius 3 is 2.50 bits per heavy atom. The number of hydrogen-bond acceptors (Lipinski definition) is 3. The largest absolute Gasteiger partial charge is 0.481 e. The molecule has 1 rings (SSSR count). The second-order valence-corrected chi connectivity index (χ2v) is 4.61. The van der Waals surface area contributed by atoms with Gasteiger partial charge < -0.3 is 10.4 Å². The molecular weight excluding hydrogens is 256 g/mol. The topological polar surface area (TPSA) is 79.3 Å². The van der Waals surface area contributed by atoms with Crippen molar-refractivity contribution in [3.05, 3.63) is 23.0 Å². The van der Waals surface area contributed by atoms with Crippen molar-refractivity contribution in [3.63, 3.8) is 0 Å². The Morgan fingerprint density at radius 2 is 2.00 bits per heavy atom. The molecule has 0 spiro atoms. The van der Waals surface area contributed by atoms with E-state index in [2.05, 4.69) is 10.3 Å². The molecule has 0 saturated heterocycles. The fourth-order valence-corrected chi connectivity index (χ4v) is 1.55. The van der Waals surface area contributed by atoms with Crippen LogP contribution in [0.15, 0.2) is 12.3 Å². The number of aliphatic carboxylic acids is 1. The van der Waals surface area contributed by atoms with Gasteiger partial charge in [0.25, 0.3) is 0 Å². The van der Waals surface area contributed by atoms with E-state index in [4.69, 9.17) is 16.7 Å². The monoisotopic (exact) mass is 270 g/mol. The van der Waals surface area contributed by atoms with Crippen molar-refractivity contribution in [1.82, 2.24) is 4.98 Å². The molecule has 18 heavy (non-hydrogen) atoms. The Bertz CT molecular complexity index is 476. The number of nitrogens with zero attached hydrogens (tertiary/aromatic N) is 1. The summed E-state index contributed by atoms with van der Waals surface area (Å²) in [6, 6.07) is 1.63. The first-order valence-corrected chi connectivity index (χ1v) is 5.86. The number of amides is 1. The van der Waals surface area contributed by atoms with Crippen molar-refractivity contribution in [2.24, 2.45) is 11.8 Å². The molecule has 2 unspecified atom stereocenters. The van der Waals surface area contributed by atoms with E-state index in [9.17, 15) is 9.59 Å². The Kier molecular flexibility index (Phi) is 4.67. The van der Waals surface area contributed by atoms with Crippen LogP contribution in [0.4, 0.5) is 5.69 Å². The lowest BCUT2D eigenvalue weighted by Crippen LogP contribution is -2.30. The summed E-state index contributed by atoms with van der Waals surface area (Å²) in [4.78, 5) is 26.5. The average Bonchev–Trinajstić information content (AvgIpc) is 2.30. The van der Waals surface area contributed by atoms with E-state index >= 15 is 0 Å². The number of hydrogen-bond donors (Lipinski definition) is 2. The highest BCUT2D eigenvalue weighted by molar-refractivity contribution is 6.29. The number of halogens is 1. The second-order valence-electron chi connectivity index (χ2n) is 4.23. The van der Waals surface area contributed by atoms with Crippen LogP contribution in [0.2, 0.25) is 5.15 Å². The van der Waals surface area contributed by atoms with Crippen LogP contribution in [-0.2, 0) is 9.59 Å². The molecular formula is C12H15ClN2O3. The minimum absolute atomic E-state index is 0.345. The smallest absolute Gasteiger partial charge is 0.307 e. The number of aromatic nitrogens is 1. The molecule has 6 heteroatoms. The van der Waals surface area contributed by atoms with Gasteiger partial charge in [-0.05, 0) is 18.6 Å². The zero-order valence-electron chi connectivity index (χ0n) is 10.4. The van der Waals surface area contributed by atoms with Crippen molar-refractivity contribution in [1.29, 1.82) is 0 Å². The predicted octanol–water partition coefficient (Wildman–Crippen LogP) is 2.34. The molecule has 0 fully saturated rings. The quantitative estimate of drug-likeness (QED) is 0.823. The fourth-order valence-electron chi connectivity index (χ4n) is 1.34. The van der Waals surface area contributed by atoms with Gasteiger partial charge in [-0.3, -0.25) is 9.59 Å². The number of rotatable bonds is 4. The molecule has 1 heterocycles. The number of pyridine rings is 1. The van der Waals surface area contributed by atoms with Crippen LogP contribution in [-0.4, -0.2) is 22.0 Å². The van der Waals surface area contributed by atoms with Crippen LogP contribution in [0, 0.1) is 18.8 Å². The van der Waals surface area contributed by atoms with Gasteiger partial charge in [-0.2, -0.15) is 0 Å². The fraction of sp³-hybridized carbons (Fsp3) is 0.417. The Morgan fingerprint density at radius 1 is 1.39 bits per heavy atom. The van der Waals surface area contributed by atoms with Crippen LogP contribution in [0.1, 0.15) is 19.4 Å². The van der Waals surface area contributed by atoms with Crippen LogP contribution in [0.5, 0.6) is 0 Å². The Balaban J connectivity index is 2.78. The van der Waals surface area contributed by atoms with E-state index in [1.165, 1.54) is 13.1 Å². The number of carboxylic acid groups (broad SMARTS) is 1. The van der Waals surface area contributed by atoms with Gasteiger partial charge in [-0.15, -0.1) is 0 Å². The van der Waals surface area contributed by atoms with Gasteiger partial charge in [-0.25, -0.2) is 4.98 Å². The molecule has 2 atom stereocenters. The lowest BCUT2D eigenvalue weighted by atomic mass is 9.95. The zero-order chi connectivity index (χ0) is 13.9. The first-order chi connectivity index (χ1) is 8.32. The molecule has 0 bridgehead atoms. The highest BCUT2D eigenvalue weighted by Gasteiger charge is 2.26. The van der Waals surface area contributed by atoms with Crippen molar-refractivity contribution in [3.8, 4) is 0 Å². The molecule has 0 aromatic carbocycles. The molecule has 0 aliphatic carbocycles. The molecule has 98 valence electrons. The van der Waals surface area contributed by atoms with E-state index < -0.39 is 17.8 Å². The number of carbonyl (C=O) groups is 2. The summed E-state index contributed by atoms with van der Waals surface area (Å²) < 4.78 is 0. The van der Waals surface area contributed by atoms with Gasteiger partial charge in [0.1, 0.15) is 5.15 Å². The molecule has 0 radical (unpaired) electrons. The summed E-state index contributed by atoms with van der Waals surface area (Å²) in [7, 11) is 0. The Labute approximate surface area is 110 Å². The van der Waals surface area contributed by atoms with E-state index in [0.717, 1.165) is 5.56 Å². The second kappa shape index (κ2) is 5.82. The maximum Gasteiger partial charge on any atom is 0.307 e. The lowest BCUT2D eigenvalue weighted by molar-refractivity contribution is -0.145. The molecule has 1 aromatic heterocycles. The van der Waals surface area contributed by atoms with E-state index in [1.54, 1.807) is 19.9 Å². The number of carboxylic acids is 1. The minimum Gasteiger partial charge on any atom is -0.481 e. The zero-order valence-corrected chi connectivity index (χ0v) is 11.2. The van der Waals surface area contributed by atoms with Gasteiger partial charge in [0.15, 0.2) is 0 Å². The SMILES string of the molecule is Cc1cc(Cl)ncc1NC(=O)C(C)C(C)C(=O)O. The summed E-state index contributed by atoms with van der Waals surface area (Å²) in [6.45, 7) is 4.86. The number of nitrogens with one attached hydrogen (secondary N) is 1. The molecule has 0 saturated carbocycles. The van der Waals surface area contributed by atoms with Crippen LogP contribution in [0.25, 0.3) is 0 Å². The van der Waals surface area contributed by atoms with Gasteiger partial charge in [0, 0.05) is 5.92 Å². The number of aryl methyl sites for hydroxylation is 1. The Hall–Kier alpha value is -1.62.